The molecule has 0 aliphatic carbocycles. The zero-order chi connectivity index (χ0) is 16.7. The normalized spacial score (nSPS) is 12.0. The predicted octanol–water partition coefficient (Wildman–Crippen LogP) is 1.78. The van der Waals surface area contributed by atoms with Crippen molar-refractivity contribution in [2.24, 2.45) is 0 Å². The SMILES string of the molecule is COc1ccccc1CCNC(=O)C[NH+](C)Cc1ccc(Cl)s1. The molecule has 0 spiro atoms. The number of thiophene rings is 1. The lowest BCUT2D eigenvalue weighted by molar-refractivity contribution is -0.885. The number of rotatable bonds is 8. The molecule has 1 heterocycles. The lowest BCUT2D eigenvalue weighted by Gasteiger charge is -2.13. The van der Waals surface area contributed by atoms with Crippen LogP contribution in [0.25, 0.3) is 0 Å². The third-order valence-corrected chi connectivity index (χ3v) is 4.71. The maximum atomic E-state index is 12.0. The number of para-hydroxylation sites is 1. The Morgan fingerprint density at radius 1 is 1.30 bits per heavy atom. The number of quaternary nitrogens is 1. The van der Waals surface area contributed by atoms with Gasteiger partial charge in [0.2, 0.25) is 0 Å². The Labute approximate surface area is 146 Å². The third kappa shape index (κ3) is 5.86. The van der Waals surface area contributed by atoms with Gasteiger partial charge >= 0.3 is 0 Å². The van der Waals surface area contributed by atoms with Crippen LogP contribution in [0.3, 0.4) is 0 Å². The molecule has 0 aliphatic rings. The molecular weight excluding hydrogens is 332 g/mol. The highest BCUT2D eigenvalue weighted by Crippen LogP contribution is 2.20. The van der Waals surface area contributed by atoms with Gasteiger partial charge in [-0.2, -0.15) is 0 Å². The molecule has 124 valence electrons. The molecule has 1 amide bonds. The second-order valence-electron chi connectivity index (χ2n) is 5.43. The molecular formula is C17H22ClN2O2S+. The van der Waals surface area contributed by atoms with E-state index in [1.165, 1.54) is 4.88 Å². The van der Waals surface area contributed by atoms with Gasteiger partial charge in [0.1, 0.15) is 12.3 Å². The molecule has 6 heteroatoms. The Bertz CT molecular complexity index is 645. The van der Waals surface area contributed by atoms with E-state index in [0.717, 1.165) is 33.5 Å². The zero-order valence-electron chi connectivity index (χ0n) is 13.4. The van der Waals surface area contributed by atoms with Crippen molar-refractivity contribution < 1.29 is 14.4 Å². The van der Waals surface area contributed by atoms with Gasteiger partial charge < -0.3 is 15.0 Å². The minimum absolute atomic E-state index is 0.0556. The average Bonchev–Trinajstić information content (AvgIpc) is 2.92. The summed E-state index contributed by atoms with van der Waals surface area (Å²) in [5, 5.41) is 2.97. The third-order valence-electron chi connectivity index (χ3n) is 3.48. The van der Waals surface area contributed by atoms with Crippen LogP contribution in [-0.2, 0) is 17.8 Å². The van der Waals surface area contributed by atoms with Gasteiger partial charge in [0.15, 0.2) is 6.54 Å². The number of halogens is 1. The number of ether oxygens (including phenoxy) is 1. The number of hydrogen-bond donors (Lipinski definition) is 2. The summed E-state index contributed by atoms with van der Waals surface area (Å²) in [4.78, 5) is 14.3. The number of benzene rings is 1. The van der Waals surface area contributed by atoms with E-state index in [-0.39, 0.29) is 5.91 Å². The van der Waals surface area contributed by atoms with Crippen LogP contribution in [0.5, 0.6) is 5.75 Å². The van der Waals surface area contributed by atoms with Crippen molar-refractivity contribution in [1.29, 1.82) is 0 Å². The number of amides is 1. The Kier molecular flexibility index (Phi) is 6.89. The first-order valence-electron chi connectivity index (χ1n) is 7.52. The molecule has 1 aromatic heterocycles. The molecule has 0 saturated carbocycles. The Balaban J connectivity index is 1.72. The maximum absolute atomic E-state index is 12.0. The summed E-state index contributed by atoms with van der Waals surface area (Å²) >= 11 is 7.48. The van der Waals surface area contributed by atoms with Crippen molar-refractivity contribution in [3.8, 4) is 5.75 Å². The van der Waals surface area contributed by atoms with E-state index < -0.39 is 0 Å². The number of carbonyl (C=O) groups excluding carboxylic acids is 1. The fourth-order valence-electron chi connectivity index (χ4n) is 2.39. The van der Waals surface area contributed by atoms with E-state index in [1.54, 1.807) is 18.4 Å². The topological polar surface area (TPSA) is 42.8 Å². The molecule has 2 rings (SSSR count). The number of nitrogens with one attached hydrogen (secondary N) is 2. The summed E-state index contributed by atoms with van der Waals surface area (Å²) in [6.45, 7) is 1.86. The summed E-state index contributed by atoms with van der Waals surface area (Å²) in [5.41, 5.74) is 1.10. The Hall–Kier alpha value is -1.56. The first-order chi connectivity index (χ1) is 11.1. The predicted molar refractivity (Wildman–Crippen MR) is 94.5 cm³/mol. The van der Waals surface area contributed by atoms with Crippen molar-refractivity contribution in [2.45, 2.75) is 13.0 Å². The van der Waals surface area contributed by atoms with Gasteiger partial charge in [0.05, 0.1) is 23.4 Å². The monoisotopic (exact) mass is 353 g/mol. The Morgan fingerprint density at radius 2 is 2.09 bits per heavy atom. The molecule has 1 unspecified atom stereocenters. The van der Waals surface area contributed by atoms with Gasteiger partial charge in [-0.1, -0.05) is 29.8 Å². The van der Waals surface area contributed by atoms with E-state index in [1.807, 2.05) is 43.4 Å². The van der Waals surface area contributed by atoms with Crippen LogP contribution < -0.4 is 15.0 Å². The van der Waals surface area contributed by atoms with Crippen molar-refractivity contribution in [2.75, 3.05) is 27.2 Å². The summed E-state index contributed by atoms with van der Waals surface area (Å²) in [7, 11) is 3.67. The molecule has 23 heavy (non-hydrogen) atoms. The van der Waals surface area contributed by atoms with Gasteiger partial charge in [0.25, 0.3) is 5.91 Å². The lowest BCUT2D eigenvalue weighted by Crippen LogP contribution is -3.08. The van der Waals surface area contributed by atoms with Crippen LogP contribution in [0.2, 0.25) is 4.34 Å². The number of carbonyl (C=O) groups is 1. The standard InChI is InChI=1S/C17H21ClN2O2S/c1-20(11-14-7-8-16(18)23-14)12-17(21)19-10-9-13-5-3-4-6-15(13)22-2/h3-8H,9-12H2,1-2H3,(H,19,21)/p+1. The minimum atomic E-state index is 0.0556. The fraction of sp³-hybridized carbons (Fsp3) is 0.353. The van der Waals surface area contributed by atoms with Crippen molar-refractivity contribution >= 4 is 28.8 Å². The first-order valence-corrected chi connectivity index (χ1v) is 8.72. The molecule has 0 bridgehead atoms. The highest BCUT2D eigenvalue weighted by Gasteiger charge is 2.11. The van der Waals surface area contributed by atoms with Gasteiger partial charge in [0, 0.05) is 6.54 Å². The largest absolute Gasteiger partial charge is 0.496 e. The number of hydrogen-bond acceptors (Lipinski definition) is 3. The van der Waals surface area contributed by atoms with Crippen LogP contribution in [0.4, 0.5) is 0 Å². The average molecular weight is 354 g/mol. The van der Waals surface area contributed by atoms with Gasteiger partial charge in [-0.05, 0) is 30.2 Å². The van der Waals surface area contributed by atoms with Crippen molar-refractivity contribution in [3.63, 3.8) is 0 Å². The van der Waals surface area contributed by atoms with Crippen LogP contribution >= 0.6 is 22.9 Å². The van der Waals surface area contributed by atoms with Crippen molar-refractivity contribution in [1.82, 2.24) is 5.32 Å². The fourth-order valence-corrected chi connectivity index (χ4v) is 3.59. The van der Waals surface area contributed by atoms with Crippen LogP contribution in [0, 0.1) is 0 Å². The van der Waals surface area contributed by atoms with E-state index in [2.05, 4.69) is 5.32 Å². The lowest BCUT2D eigenvalue weighted by atomic mass is 10.1. The molecule has 2 aromatic rings. The Morgan fingerprint density at radius 3 is 2.78 bits per heavy atom. The number of methoxy groups -OCH3 is 1. The van der Waals surface area contributed by atoms with Crippen molar-refractivity contribution in [3.05, 3.63) is 51.2 Å². The van der Waals surface area contributed by atoms with Gasteiger partial charge in [-0.15, -0.1) is 11.3 Å². The molecule has 1 atom stereocenters. The molecule has 0 fully saturated rings. The summed E-state index contributed by atoms with van der Waals surface area (Å²) in [6, 6.07) is 11.8. The quantitative estimate of drug-likeness (QED) is 0.759. The minimum Gasteiger partial charge on any atom is -0.496 e. The van der Waals surface area contributed by atoms with Gasteiger partial charge in [-0.3, -0.25) is 4.79 Å². The second kappa shape index (κ2) is 8.91. The highest BCUT2D eigenvalue weighted by molar-refractivity contribution is 7.16. The summed E-state index contributed by atoms with van der Waals surface area (Å²) in [5.74, 6) is 0.916. The second-order valence-corrected chi connectivity index (χ2v) is 7.23. The summed E-state index contributed by atoms with van der Waals surface area (Å²) in [6.07, 6.45) is 0.759. The zero-order valence-corrected chi connectivity index (χ0v) is 15.0. The molecule has 1 aromatic carbocycles. The maximum Gasteiger partial charge on any atom is 0.275 e. The van der Waals surface area contributed by atoms with Crippen LogP contribution in [-0.4, -0.2) is 33.2 Å². The molecule has 0 radical (unpaired) electrons. The van der Waals surface area contributed by atoms with E-state index in [0.29, 0.717) is 13.1 Å². The van der Waals surface area contributed by atoms with Gasteiger partial charge in [-0.25, -0.2) is 0 Å². The summed E-state index contributed by atoms with van der Waals surface area (Å²) < 4.78 is 6.10. The van der Waals surface area contributed by atoms with E-state index in [9.17, 15) is 4.79 Å². The highest BCUT2D eigenvalue weighted by atomic mass is 35.5. The van der Waals surface area contributed by atoms with Crippen LogP contribution in [0.15, 0.2) is 36.4 Å². The van der Waals surface area contributed by atoms with Crippen LogP contribution in [0.1, 0.15) is 10.4 Å². The molecule has 0 aliphatic heterocycles. The molecule has 0 saturated heterocycles. The number of likely N-dealkylation sites (N-methyl/N-ethyl adjacent to an activating group) is 1. The molecule has 2 N–H and O–H groups in total. The first kappa shape index (κ1) is 17.8. The van der Waals surface area contributed by atoms with E-state index >= 15 is 0 Å². The molecule has 4 nitrogen and oxygen atoms in total. The van der Waals surface area contributed by atoms with E-state index in [4.69, 9.17) is 16.3 Å². The smallest absolute Gasteiger partial charge is 0.275 e.